The minimum Gasteiger partial charge on any atom is -0.272 e. The normalized spacial score (nSPS) is 15.6. The Labute approximate surface area is 268 Å². The number of nitrogens with zero attached hydrogens (tertiary/aromatic N) is 2. The van der Waals surface area contributed by atoms with Crippen LogP contribution in [0.3, 0.4) is 0 Å². The largest absolute Gasteiger partial charge is 0.272 e. The van der Waals surface area contributed by atoms with Crippen molar-refractivity contribution < 1.29 is 19.2 Å². The fourth-order valence-electron chi connectivity index (χ4n) is 8.76. The van der Waals surface area contributed by atoms with Gasteiger partial charge >= 0.3 is 0 Å². The zero-order chi connectivity index (χ0) is 32.4. The highest BCUT2D eigenvalue weighted by molar-refractivity contribution is 6.45. The van der Waals surface area contributed by atoms with Crippen LogP contribution in [0.25, 0.3) is 75.4 Å². The minimum atomic E-state index is -0.654. The van der Waals surface area contributed by atoms with Crippen molar-refractivity contribution in [1.29, 1.82) is 0 Å². The van der Waals surface area contributed by atoms with Gasteiger partial charge in [0.25, 0.3) is 23.6 Å². The van der Waals surface area contributed by atoms with Crippen LogP contribution in [0, 0.1) is 0 Å². The van der Waals surface area contributed by atoms with Crippen molar-refractivity contribution in [1.82, 2.24) is 9.80 Å². The van der Waals surface area contributed by atoms with Gasteiger partial charge in [-0.2, -0.15) is 0 Å². The molecule has 47 heavy (non-hydrogen) atoms. The fourth-order valence-corrected chi connectivity index (χ4v) is 8.76. The van der Waals surface area contributed by atoms with Crippen LogP contribution in [0.5, 0.6) is 0 Å². The number of benzene rings is 8. The first-order chi connectivity index (χ1) is 22.5. The standard InChI is InChI=1S/C41H28N2O4/c1-18(2)42-37(44)27-14-10-23-19-6-8-21-25-12-16-29-36-30(40(47)43(39(29)46)41(3,4)5)17-13-26(34(25)36)22-9-7-20(31(19)32(21)22)24-11-15-28(38(42)45)35(27)33(23)24/h6-18H,1-5H3. The van der Waals surface area contributed by atoms with Gasteiger partial charge in [0, 0.05) is 44.6 Å². The topological polar surface area (TPSA) is 74.8 Å². The van der Waals surface area contributed by atoms with E-state index >= 15 is 0 Å². The Balaban J connectivity index is 1.35. The quantitative estimate of drug-likeness (QED) is 0.105. The van der Waals surface area contributed by atoms with Crippen molar-refractivity contribution in [2.24, 2.45) is 0 Å². The molecule has 0 unspecified atom stereocenters. The van der Waals surface area contributed by atoms with E-state index in [9.17, 15) is 19.2 Å². The molecule has 8 aromatic carbocycles. The molecule has 6 nitrogen and oxygen atoms in total. The van der Waals surface area contributed by atoms with E-state index in [4.69, 9.17) is 0 Å². The molecule has 0 saturated carbocycles. The average molecular weight is 613 g/mol. The van der Waals surface area contributed by atoms with Gasteiger partial charge in [-0.3, -0.25) is 29.0 Å². The molecule has 0 N–H and O–H groups in total. The molecule has 8 aromatic rings. The molecule has 0 fully saturated rings. The third kappa shape index (κ3) is 2.93. The molecule has 0 atom stereocenters. The number of imide groups is 2. The molecule has 0 saturated heterocycles. The number of hydrogen-bond donors (Lipinski definition) is 0. The second kappa shape index (κ2) is 8.20. The van der Waals surface area contributed by atoms with Gasteiger partial charge in [-0.1, -0.05) is 48.5 Å². The summed E-state index contributed by atoms with van der Waals surface area (Å²) in [4.78, 5) is 57.5. The summed E-state index contributed by atoms with van der Waals surface area (Å²) < 4.78 is 0. The number of rotatable bonds is 1. The van der Waals surface area contributed by atoms with Crippen molar-refractivity contribution in [3.8, 4) is 0 Å². The maximum absolute atomic E-state index is 13.8. The molecule has 2 aliphatic rings. The van der Waals surface area contributed by atoms with E-state index in [0.29, 0.717) is 22.3 Å². The van der Waals surface area contributed by atoms with E-state index in [1.807, 2.05) is 83.1 Å². The van der Waals surface area contributed by atoms with Crippen molar-refractivity contribution in [2.75, 3.05) is 0 Å². The Bertz CT molecular complexity index is 2670. The lowest BCUT2D eigenvalue weighted by Gasteiger charge is -2.37. The van der Waals surface area contributed by atoms with E-state index in [1.165, 1.54) is 9.80 Å². The Morgan fingerprint density at radius 2 is 0.660 bits per heavy atom. The number of carbonyl (C=O) groups is 4. The second-order valence-electron chi connectivity index (χ2n) is 14.4. The van der Waals surface area contributed by atoms with Gasteiger partial charge in [-0.05, 0) is 124 Å². The molecule has 226 valence electrons. The Kier molecular flexibility index (Phi) is 4.64. The molecule has 0 spiro atoms. The number of amides is 4. The summed E-state index contributed by atoms with van der Waals surface area (Å²) in [6.45, 7) is 9.38. The molecule has 0 aromatic heterocycles. The summed E-state index contributed by atoms with van der Waals surface area (Å²) in [7, 11) is 0. The van der Waals surface area contributed by atoms with Crippen LogP contribution in [-0.2, 0) is 0 Å². The summed E-state index contributed by atoms with van der Waals surface area (Å²) in [6.07, 6.45) is 0. The van der Waals surface area contributed by atoms with Crippen LogP contribution in [0.4, 0.5) is 0 Å². The molecule has 2 heterocycles. The summed E-state index contributed by atoms with van der Waals surface area (Å²) >= 11 is 0. The van der Waals surface area contributed by atoms with Crippen LogP contribution >= 0.6 is 0 Å². The van der Waals surface area contributed by atoms with Gasteiger partial charge in [-0.15, -0.1) is 0 Å². The van der Waals surface area contributed by atoms with Crippen LogP contribution in [-0.4, -0.2) is 45.0 Å². The molecular weight excluding hydrogens is 584 g/mol. The van der Waals surface area contributed by atoms with E-state index in [0.717, 1.165) is 75.4 Å². The average Bonchev–Trinajstić information content (AvgIpc) is 3.03. The molecular formula is C41H28N2O4. The van der Waals surface area contributed by atoms with Crippen molar-refractivity contribution in [2.45, 2.75) is 46.2 Å². The van der Waals surface area contributed by atoms with Gasteiger partial charge in [0.2, 0.25) is 0 Å². The fraction of sp³-hybridized carbons (Fsp3) is 0.171. The molecule has 0 aliphatic carbocycles. The summed E-state index contributed by atoms with van der Waals surface area (Å²) in [5.74, 6) is -1.03. The highest BCUT2D eigenvalue weighted by Crippen LogP contribution is 2.50. The molecule has 0 radical (unpaired) electrons. The van der Waals surface area contributed by atoms with Crippen molar-refractivity contribution in [3.05, 3.63) is 95.1 Å². The van der Waals surface area contributed by atoms with Crippen LogP contribution in [0.2, 0.25) is 0 Å². The minimum absolute atomic E-state index is 0.246. The lowest BCUT2D eigenvalue weighted by Crippen LogP contribution is -2.51. The third-order valence-corrected chi connectivity index (χ3v) is 10.6. The lowest BCUT2D eigenvalue weighted by molar-refractivity contribution is 0.0457. The van der Waals surface area contributed by atoms with Crippen molar-refractivity contribution in [3.63, 3.8) is 0 Å². The zero-order valence-electron chi connectivity index (χ0n) is 26.5. The second-order valence-corrected chi connectivity index (χ2v) is 14.4. The monoisotopic (exact) mass is 612 g/mol. The Hall–Kier alpha value is -5.62. The predicted molar refractivity (Wildman–Crippen MR) is 187 cm³/mol. The molecule has 10 rings (SSSR count). The molecule has 4 amide bonds. The van der Waals surface area contributed by atoms with Gasteiger partial charge in [-0.25, -0.2) is 0 Å². The number of hydrogen-bond acceptors (Lipinski definition) is 4. The summed E-state index contributed by atoms with van der Waals surface area (Å²) in [6, 6.07) is 24.0. The maximum atomic E-state index is 13.8. The predicted octanol–water partition coefficient (Wildman–Crippen LogP) is 9.03. The molecule has 6 heteroatoms. The highest BCUT2D eigenvalue weighted by atomic mass is 16.2. The van der Waals surface area contributed by atoms with E-state index in [-0.39, 0.29) is 29.7 Å². The number of carbonyl (C=O) groups excluding carboxylic acids is 4. The smallest absolute Gasteiger partial charge is 0.261 e. The first-order valence-electron chi connectivity index (χ1n) is 16.1. The maximum Gasteiger partial charge on any atom is 0.261 e. The Morgan fingerprint density at radius 1 is 0.404 bits per heavy atom. The van der Waals surface area contributed by atoms with Crippen LogP contribution in [0.15, 0.2) is 72.8 Å². The lowest BCUT2D eigenvalue weighted by atomic mass is 9.80. The van der Waals surface area contributed by atoms with Gasteiger partial charge in [0.15, 0.2) is 0 Å². The highest BCUT2D eigenvalue weighted by Gasteiger charge is 2.40. The van der Waals surface area contributed by atoms with E-state index in [2.05, 4.69) is 24.3 Å². The first-order valence-corrected chi connectivity index (χ1v) is 16.1. The van der Waals surface area contributed by atoms with Gasteiger partial charge in [0.1, 0.15) is 0 Å². The van der Waals surface area contributed by atoms with E-state index < -0.39 is 5.54 Å². The van der Waals surface area contributed by atoms with Gasteiger partial charge < -0.3 is 0 Å². The molecule has 0 bridgehead atoms. The zero-order valence-corrected chi connectivity index (χ0v) is 26.5. The first kappa shape index (κ1) is 26.6. The molecule has 2 aliphatic heterocycles. The summed E-state index contributed by atoms with van der Waals surface area (Å²) in [5.41, 5.74) is 1.58. The summed E-state index contributed by atoms with van der Waals surface area (Å²) in [5, 5.41) is 13.8. The Morgan fingerprint density at radius 3 is 0.936 bits per heavy atom. The van der Waals surface area contributed by atoms with Gasteiger partial charge in [0.05, 0.1) is 0 Å². The van der Waals surface area contributed by atoms with Crippen LogP contribution in [0.1, 0.15) is 76.1 Å². The van der Waals surface area contributed by atoms with Crippen LogP contribution < -0.4 is 0 Å². The third-order valence-electron chi connectivity index (χ3n) is 10.6. The van der Waals surface area contributed by atoms with Crippen molar-refractivity contribution >= 4 is 99.0 Å². The SMILES string of the molecule is CC(C)N1C(=O)c2ccc3c4ccc5c6ccc7c8c(ccc(c9ccc(c%10ccc(c2c3%10)C1=O)c4c59)c86)C(=O)N(C(C)(C)C)C7=O. The van der Waals surface area contributed by atoms with E-state index in [1.54, 1.807) is 0 Å². The number of fused-ring (bicyclic) bond motifs is 4.